The van der Waals surface area contributed by atoms with Crippen LogP contribution in [0.25, 0.3) is 0 Å². The largest absolute Gasteiger partial charge is 0.444 e. The van der Waals surface area contributed by atoms with Gasteiger partial charge in [-0.05, 0) is 37.8 Å². The second kappa shape index (κ2) is 7.41. The number of hydroxylamine groups is 1. The second-order valence-corrected chi connectivity index (χ2v) is 9.66. The molecule has 1 saturated carbocycles. The summed E-state index contributed by atoms with van der Waals surface area (Å²) in [6, 6.07) is 3.38. The van der Waals surface area contributed by atoms with Crippen LogP contribution in [-0.4, -0.2) is 54.3 Å². The Bertz CT molecular complexity index is 946. The minimum absolute atomic E-state index is 0.0530. The lowest BCUT2D eigenvalue weighted by Gasteiger charge is -2.26. The molecule has 0 radical (unpaired) electrons. The number of pyridine rings is 1. The van der Waals surface area contributed by atoms with Crippen molar-refractivity contribution in [2.45, 2.75) is 37.0 Å². The summed E-state index contributed by atoms with van der Waals surface area (Å²) in [6.45, 7) is 1.23. The topological polar surface area (TPSA) is 126 Å². The monoisotopic (exact) mass is 407 g/mol. The Hall–Kier alpha value is -2.64. The van der Waals surface area contributed by atoms with Crippen molar-refractivity contribution in [3.63, 3.8) is 0 Å². The highest BCUT2D eigenvalue weighted by Crippen LogP contribution is 2.30. The molecule has 150 valence electrons. The summed E-state index contributed by atoms with van der Waals surface area (Å²) in [5, 5.41) is 8.90. The maximum absolute atomic E-state index is 12.2. The summed E-state index contributed by atoms with van der Waals surface area (Å²) < 4.78 is 27.4. The maximum atomic E-state index is 12.2. The number of anilines is 1. The number of rotatable bonds is 5. The number of hydrogen-bond donors (Lipinski definition) is 2. The average molecular weight is 407 g/mol. The third-order valence-corrected chi connectivity index (χ3v) is 6.92. The van der Waals surface area contributed by atoms with Gasteiger partial charge in [0.05, 0.1) is 18.4 Å². The average Bonchev–Trinajstić information content (AvgIpc) is 3.41. The quantitative estimate of drug-likeness (QED) is 0.421. The molecule has 2 N–H and O–H groups in total. The van der Waals surface area contributed by atoms with E-state index in [9.17, 15) is 18.0 Å². The van der Waals surface area contributed by atoms with Crippen LogP contribution in [0.4, 0.5) is 10.5 Å². The molecule has 0 aromatic carbocycles. The van der Waals surface area contributed by atoms with E-state index in [4.69, 9.17) is 9.94 Å². The van der Waals surface area contributed by atoms with Gasteiger partial charge < -0.3 is 4.74 Å². The highest BCUT2D eigenvalue weighted by atomic mass is 32.2. The van der Waals surface area contributed by atoms with Crippen molar-refractivity contribution in [3.05, 3.63) is 24.0 Å². The molecule has 10 heteroatoms. The minimum Gasteiger partial charge on any atom is -0.444 e. The molecule has 9 nitrogen and oxygen atoms in total. The van der Waals surface area contributed by atoms with Gasteiger partial charge in [0.15, 0.2) is 14.6 Å². The molecule has 1 aliphatic carbocycles. The molecule has 1 saturated heterocycles. The molecule has 0 bridgehead atoms. The van der Waals surface area contributed by atoms with E-state index in [1.165, 1.54) is 23.5 Å². The van der Waals surface area contributed by atoms with Crippen LogP contribution in [0.1, 0.15) is 31.9 Å². The fraction of sp³-hybridized carbons (Fsp3) is 0.500. The lowest BCUT2D eigenvalue weighted by atomic mass is 10.0. The molecule has 2 aliphatic rings. The highest BCUT2D eigenvalue weighted by molar-refractivity contribution is 7.92. The molecular formula is C18H21N3O6S. The molecule has 2 fully saturated rings. The summed E-state index contributed by atoms with van der Waals surface area (Å²) in [4.78, 5) is 29.7. The molecule has 0 spiro atoms. The van der Waals surface area contributed by atoms with Crippen molar-refractivity contribution in [2.24, 2.45) is 5.92 Å². The molecule has 2 amide bonds. The van der Waals surface area contributed by atoms with Crippen LogP contribution in [0, 0.1) is 17.8 Å². The summed E-state index contributed by atoms with van der Waals surface area (Å²) in [6.07, 6.45) is 2.82. The predicted molar refractivity (Wildman–Crippen MR) is 99.2 cm³/mol. The predicted octanol–water partition coefficient (Wildman–Crippen LogP) is 0.867. The fourth-order valence-electron chi connectivity index (χ4n) is 2.83. The zero-order valence-corrected chi connectivity index (χ0v) is 16.3. The van der Waals surface area contributed by atoms with Crippen LogP contribution in [0.5, 0.6) is 0 Å². The number of carbonyl (C=O) groups excluding carboxylic acids is 2. The summed E-state index contributed by atoms with van der Waals surface area (Å²) >= 11 is 0. The molecule has 2 heterocycles. The van der Waals surface area contributed by atoms with E-state index in [1.54, 1.807) is 12.1 Å². The molecule has 1 aromatic heterocycles. The van der Waals surface area contributed by atoms with Gasteiger partial charge in [0.1, 0.15) is 11.8 Å². The van der Waals surface area contributed by atoms with Crippen molar-refractivity contribution in [3.8, 4) is 11.8 Å². The van der Waals surface area contributed by atoms with Crippen molar-refractivity contribution in [2.75, 3.05) is 17.7 Å². The van der Waals surface area contributed by atoms with Crippen LogP contribution in [0.3, 0.4) is 0 Å². The van der Waals surface area contributed by atoms with Gasteiger partial charge in [-0.3, -0.25) is 14.9 Å². The highest BCUT2D eigenvalue weighted by Gasteiger charge is 2.48. The third kappa shape index (κ3) is 4.10. The Morgan fingerprint density at radius 1 is 1.46 bits per heavy atom. The first-order chi connectivity index (χ1) is 13.1. The molecule has 28 heavy (non-hydrogen) atoms. The van der Waals surface area contributed by atoms with E-state index >= 15 is 0 Å². The number of nitrogens with one attached hydrogen (secondary N) is 1. The van der Waals surface area contributed by atoms with Gasteiger partial charge in [0, 0.05) is 18.6 Å². The number of sulfone groups is 1. The van der Waals surface area contributed by atoms with Crippen molar-refractivity contribution >= 4 is 27.5 Å². The molecule has 1 aromatic rings. The Balaban J connectivity index is 1.72. The van der Waals surface area contributed by atoms with E-state index < -0.39 is 32.7 Å². The van der Waals surface area contributed by atoms with Gasteiger partial charge in [0.2, 0.25) is 0 Å². The Morgan fingerprint density at radius 2 is 2.18 bits per heavy atom. The zero-order valence-electron chi connectivity index (χ0n) is 15.5. The first-order valence-electron chi connectivity index (χ1n) is 8.74. The molecular weight excluding hydrogens is 386 g/mol. The Kier molecular flexibility index (Phi) is 5.32. The van der Waals surface area contributed by atoms with Gasteiger partial charge in [-0.2, -0.15) is 0 Å². The zero-order chi connectivity index (χ0) is 20.5. The van der Waals surface area contributed by atoms with Crippen LogP contribution in [-0.2, 0) is 19.4 Å². The molecule has 0 unspecified atom stereocenters. The van der Waals surface area contributed by atoms with Crippen molar-refractivity contribution < 1.29 is 28.0 Å². The lowest BCUT2D eigenvalue weighted by Crippen LogP contribution is -2.51. The number of aromatic nitrogens is 1. The normalized spacial score (nSPS) is 21.3. The number of cyclic esters (lactones) is 1. The maximum Gasteiger partial charge on any atom is 0.414 e. The SMILES string of the molecule is C[C@@](C[C@H]1CN(c2ccc(C#CC3CC3)nc2)C(=O)O1)(C(=O)NO)S(C)(=O)=O. The van der Waals surface area contributed by atoms with Crippen molar-refractivity contribution in [1.29, 1.82) is 0 Å². The molecule has 2 atom stereocenters. The fourth-order valence-corrected chi connectivity index (χ4v) is 3.70. The smallest absolute Gasteiger partial charge is 0.414 e. The number of ether oxygens (including phenoxy) is 1. The van der Waals surface area contributed by atoms with Gasteiger partial charge >= 0.3 is 6.09 Å². The lowest BCUT2D eigenvalue weighted by molar-refractivity contribution is -0.132. The van der Waals surface area contributed by atoms with Crippen molar-refractivity contribution in [1.82, 2.24) is 10.5 Å². The minimum atomic E-state index is -3.89. The standard InChI is InChI=1S/C18H21N3O6S/c1-18(16(22)20-24,28(2,25)26)9-15-11-21(17(23)27-15)14-8-7-13(19-10-14)6-5-12-3-4-12/h7-8,10,12,15,24H,3-4,9,11H2,1-2H3,(H,20,22)/t15-,18+/m0/s1. The number of hydrogen-bond acceptors (Lipinski definition) is 7. The van der Waals surface area contributed by atoms with Crippen LogP contribution >= 0.6 is 0 Å². The van der Waals surface area contributed by atoms with Gasteiger partial charge in [-0.15, -0.1) is 0 Å². The first kappa shape index (κ1) is 20.1. The van der Waals surface area contributed by atoms with E-state index in [0.29, 0.717) is 17.3 Å². The van der Waals surface area contributed by atoms with E-state index in [1.807, 2.05) is 0 Å². The van der Waals surface area contributed by atoms with Gasteiger partial charge in [-0.25, -0.2) is 23.7 Å². The van der Waals surface area contributed by atoms with Crippen LogP contribution < -0.4 is 10.4 Å². The van der Waals surface area contributed by atoms with E-state index in [0.717, 1.165) is 19.1 Å². The number of amides is 2. The van der Waals surface area contributed by atoms with Crippen LogP contribution in [0.15, 0.2) is 18.3 Å². The number of nitrogens with zero attached hydrogens (tertiary/aromatic N) is 2. The third-order valence-electron chi connectivity index (χ3n) is 4.93. The summed E-state index contributed by atoms with van der Waals surface area (Å²) in [7, 11) is -3.89. The number of carbonyl (C=O) groups is 2. The Morgan fingerprint density at radius 3 is 2.71 bits per heavy atom. The van der Waals surface area contributed by atoms with E-state index in [-0.39, 0.29) is 13.0 Å². The second-order valence-electron chi connectivity index (χ2n) is 7.21. The van der Waals surface area contributed by atoms with Gasteiger partial charge in [-0.1, -0.05) is 5.92 Å². The molecule has 3 rings (SSSR count). The molecule has 1 aliphatic heterocycles. The van der Waals surface area contributed by atoms with Gasteiger partial charge in [0.25, 0.3) is 5.91 Å². The first-order valence-corrected chi connectivity index (χ1v) is 10.6. The Labute approximate surface area is 163 Å². The summed E-state index contributed by atoms with van der Waals surface area (Å²) in [5.41, 5.74) is 2.46. The van der Waals surface area contributed by atoms with Crippen LogP contribution in [0.2, 0.25) is 0 Å². The van der Waals surface area contributed by atoms with E-state index in [2.05, 4.69) is 16.8 Å². The summed E-state index contributed by atoms with van der Waals surface area (Å²) in [5.74, 6) is 5.46.